The molecule has 4 N–H and O–H groups in total. The fourth-order valence-electron chi connectivity index (χ4n) is 9.45. The number of carbonyl (C=O) groups is 2. The summed E-state index contributed by atoms with van der Waals surface area (Å²) in [5, 5.41) is 39.6. The number of aliphatic hydroxyl groups excluding tert-OH is 1. The van der Waals surface area contributed by atoms with Gasteiger partial charge in [0, 0.05) is 35.1 Å². The number of cyclic esters (lactones) is 1. The molecule has 1 heterocycles. The minimum atomic E-state index is -1.17. The van der Waals surface area contributed by atoms with Crippen LogP contribution in [0.1, 0.15) is 80.6 Å². The first-order chi connectivity index (χ1) is 18.5. The number of aliphatic hydroxyl groups is 3. The van der Waals surface area contributed by atoms with Crippen LogP contribution in [0.25, 0.3) is 0 Å². The van der Waals surface area contributed by atoms with Crippen LogP contribution in [0.4, 0.5) is 0 Å². The summed E-state index contributed by atoms with van der Waals surface area (Å²) < 4.78 is 5.23. The second-order valence-electron chi connectivity index (χ2n) is 13.0. The molecule has 8 atom stereocenters. The Labute approximate surface area is 229 Å². The lowest BCUT2D eigenvalue weighted by molar-refractivity contribution is -0.237. The van der Waals surface area contributed by atoms with E-state index in [9.17, 15) is 24.9 Å². The van der Waals surface area contributed by atoms with Crippen molar-refractivity contribution < 1.29 is 29.6 Å². The molecule has 0 radical (unpaired) electrons. The molecule has 6 rings (SSSR count). The highest BCUT2D eigenvalue weighted by molar-refractivity contribution is 5.95. The molecule has 4 fully saturated rings. The van der Waals surface area contributed by atoms with Crippen molar-refractivity contribution >= 4 is 18.1 Å². The molecule has 1 aromatic carbocycles. The summed E-state index contributed by atoms with van der Waals surface area (Å²) in [5.41, 5.74) is 1.80. The quantitative estimate of drug-likeness (QED) is 0.265. The maximum Gasteiger partial charge on any atom is 0.331 e. The molecule has 1 aromatic rings. The number of fused-ring (bicyclic) bond motifs is 5. The topological polar surface area (TPSA) is 128 Å². The highest BCUT2D eigenvalue weighted by Crippen LogP contribution is 2.70. The van der Waals surface area contributed by atoms with Gasteiger partial charge in [-0.3, -0.25) is 4.79 Å². The molecule has 4 saturated carbocycles. The number of aryl methyl sites for hydroxylation is 1. The number of hydrogen-bond donors (Lipinski definition) is 4. The molecule has 210 valence electrons. The Balaban J connectivity index is 1.33. The average molecular weight is 537 g/mol. The van der Waals surface area contributed by atoms with Crippen LogP contribution in [0.5, 0.6) is 0 Å². The Hall–Kier alpha value is -2.55. The monoisotopic (exact) mass is 536 g/mol. The summed E-state index contributed by atoms with van der Waals surface area (Å²) in [6.07, 6.45) is 8.21. The van der Waals surface area contributed by atoms with Gasteiger partial charge in [-0.05, 0) is 93.2 Å². The van der Waals surface area contributed by atoms with Crippen molar-refractivity contribution in [2.75, 3.05) is 6.61 Å². The van der Waals surface area contributed by atoms with Gasteiger partial charge in [-0.1, -0.05) is 25.1 Å². The third-order valence-electron chi connectivity index (χ3n) is 11.5. The smallest absolute Gasteiger partial charge is 0.331 e. The first kappa shape index (κ1) is 26.7. The molecule has 8 heteroatoms. The number of carbonyl (C=O) groups excluding carboxylic acids is 2. The predicted octanol–water partition coefficient (Wildman–Crippen LogP) is 3.42. The molecule has 0 aromatic heterocycles. The van der Waals surface area contributed by atoms with Gasteiger partial charge in [0.05, 0.1) is 17.3 Å². The highest BCUT2D eigenvalue weighted by Gasteiger charge is 2.71. The van der Waals surface area contributed by atoms with Gasteiger partial charge in [0.1, 0.15) is 6.61 Å². The Morgan fingerprint density at radius 3 is 2.59 bits per heavy atom. The van der Waals surface area contributed by atoms with E-state index in [1.165, 1.54) is 0 Å². The van der Waals surface area contributed by atoms with E-state index in [-0.39, 0.29) is 36.1 Å². The summed E-state index contributed by atoms with van der Waals surface area (Å²) in [7, 11) is 0. The predicted molar refractivity (Wildman–Crippen MR) is 145 cm³/mol. The van der Waals surface area contributed by atoms with Crippen molar-refractivity contribution in [2.24, 2.45) is 33.7 Å². The van der Waals surface area contributed by atoms with Crippen molar-refractivity contribution in [1.29, 1.82) is 0 Å². The van der Waals surface area contributed by atoms with Crippen molar-refractivity contribution in [1.82, 2.24) is 5.43 Å². The van der Waals surface area contributed by atoms with Gasteiger partial charge in [0.25, 0.3) is 5.91 Å². The summed E-state index contributed by atoms with van der Waals surface area (Å²) in [6, 6.07) is 7.33. The zero-order valence-electron chi connectivity index (χ0n) is 22.9. The van der Waals surface area contributed by atoms with E-state index in [2.05, 4.69) is 17.5 Å². The Kier molecular flexibility index (Phi) is 6.32. The number of rotatable bonds is 4. The number of hydrogen-bond acceptors (Lipinski definition) is 7. The lowest BCUT2D eigenvalue weighted by Gasteiger charge is -2.65. The largest absolute Gasteiger partial charge is 0.458 e. The van der Waals surface area contributed by atoms with Gasteiger partial charge in [0.15, 0.2) is 0 Å². The van der Waals surface area contributed by atoms with Gasteiger partial charge in [-0.25, -0.2) is 10.2 Å². The van der Waals surface area contributed by atoms with E-state index in [0.29, 0.717) is 44.3 Å². The van der Waals surface area contributed by atoms with E-state index >= 15 is 0 Å². The number of benzene rings is 1. The Morgan fingerprint density at radius 2 is 1.85 bits per heavy atom. The molecular weight excluding hydrogens is 496 g/mol. The second-order valence-corrected chi connectivity index (χ2v) is 13.0. The summed E-state index contributed by atoms with van der Waals surface area (Å²) in [6.45, 7) is 4.35. The molecule has 0 unspecified atom stereocenters. The van der Waals surface area contributed by atoms with E-state index in [4.69, 9.17) is 4.74 Å². The summed E-state index contributed by atoms with van der Waals surface area (Å²) in [4.78, 5) is 24.7. The molecule has 8 nitrogen and oxygen atoms in total. The molecule has 5 aliphatic rings. The maximum absolute atomic E-state index is 12.9. The number of nitrogens with one attached hydrogen (secondary N) is 1. The van der Waals surface area contributed by atoms with E-state index in [1.807, 2.05) is 25.1 Å². The second kappa shape index (κ2) is 9.25. The minimum Gasteiger partial charge on any atom is -0.458 e. The SMILES string of the molecule is Cc1ccccc1C(=O)N/N=C\[C@]12CC[C@@H](O)C[C@]1(O)CC[C@@H]1[C@@H]2CC[C@]2(C)[C@@H](C3=CC(=O)OC3)CC[C@]12O. The highest BCUT2D eigenvalue weighted by atomic mass is 16.5. The molecule has 0 bridgehead atoms. The van der Waals surface area contributed by atoms with Gasteiger partial charge in [0.2, 0.25) is 0 Å². The van der Waals surface area contributed by atoms with Crippen molar-refractivity contribution in [3.63, 3.8) is 0 Å². The normalized spacial score (nSPS) is 43.3. The van der Waals surface area contributed by atoms with Gasteiger partial charge in [-0.2, -0.15) is 5.10 Å². The first-order valence-corrected chi connectivity index (χ1v) is 14.4. The molecule has 1 amide bonds. The number of amides is 1. The molecule has 39 heavy (non-hydrogen) atoms. The summed E-state index contributed by atoms with van der Waals surface area (Å²) in [5.74, 6) is -0.627. The lowest BCUT2D eigenvalue weighted by Crippen LogP contribution is -2.68. The molecule has 0 saturated heterocycles. The van der Waals surface area contributed by atoms with Crippen LogP contribution in [0.2, 0.25) is 0 Å². The Bertz CT molecular complexity index is 1250. The van der Waals surface area contributed by atoms with Crippen molar-refractivity contribution in [3.8, 4) is 0 Å². The average Bonchev–Trinajstić information content (AvgIpc) is 3.44. The Morgan fingerprint density at radius 1 is 1.08 bits per heavy atom. The zero-order chi connectivity index (χ0) is 27.6. The third-order valence-corrected chi connectivity index (χ3v) is 11.5. The van der Waals surface area contributed by atoms with Crippen LogP contribution in [0, 0.1) is 35.5 Å². The van der Waals surface area contributed by atoms with Crippen LogP contribution < -0.4 is 5.43 Å². The number of ether oxygens (including phenoxy) is 1. The van der Waals surface area contributed by atoms with Crippen LogP contribution >= 0.6 is 0 Å². The van der Waals surface area contributed by atoms with Gasteiger partial charge >= 0.3 is 5.97 Å². The van der Waals surface area contributed by atoms with E-state index in [0.717, 1.165) is 30.4 Å². The molecule has 0 spiro atoms. The standard InChI is InChI=1S/C31H40N2O6/c1-19-5-3-4-6-22(19)27(36)33-32-18-29-12-7-21(34)16-30(29,37)13-9-25-24(29)8-11-28(2)23(10-14-31(25,28)38)20-15-26(35)39-17-20/h3-6,15,18,21,23-25,34,37-38H,7-14,16-17H2,1-2H3,(H,33,36)/b32-18-/t21-,23-,24+,25-,28-,29+,30-,31+/m1/s1. The molecular formula is C31H40N2O6. The zero-order valence-corrected chi connectivity index (χ0v) is 22.9. The number of nitrogens with zero attached hydrogens (tertiary/aromatic N) is 1. The van der Waals surface area contributed by atoms with Crippen molar-refractivity contribution in [3.05, 3.63) is 47.0 Å². The van der Waals surface area contributed by atoms with Gasteiger partial charge < -0.3 is 20.1 Å². The van der Waals surface area contributed by atoms with E-state index in [1.54, 1.807) is 18.4 Å². The van der Waals surface area contributed by atoms with E-state index < -0.39 is 28.1 Å². The lowest BCUT2D eigenvalue weighted by atomic mass is 9.41. The molecule has 4 aliphatic carbocycles. The van der Waals surface area contributed by atoms with Gasteiger partial charge in [-0.15, -0.1) is 0 Å². The minimum absolute atomic E-state index is 0.0462. The van der Waals surface area contributed by atoms with Crippen LogP contribution in [-0.4, -0.2) is 57.3 Å². The third kappa shape index (κ3) is 3.85. The first-order valence-electron chi connectivity index (χ1n) is 14.4. The number of hydrazone groups is 1. The fourth-order valence-corrected chi connectivity index (χ4v) is 9.45. The fraction of sp³-hybridized carbons (Fsp3) is 0.645. The number of esters is 1. The van der Waals surface area contributed by atoms with Crippen molar-refractivity contribution in [2.45, 2.75) is 88.9 Å². The maximum atomic E-state index is 12.9. The summed E-state index contributed by atoms with van der Waals surface area (Å²) >= 11 is 0. The van der Waals surface area contributed by atoms with Crippen LogP contribution in [-0.2, 0) is 9.53 Å². The molecule has 1 aliphatic heterocycles. The van der Waals surface area contributed by atoms with Crippen LogP contribution in [0.15, 0.2) is 41.0 Å². The van der Waals surface area contributed by atoms with Crippen LogP contribution in [0.3, 0.4) is 0 Å².